The number of aromatic nitrogens is 3. The predicted octanol–water partition coefficient (Wildman–Crippen LogP) is -0.730. The Bertz CT molecular complexity index is 427. The zero-order valence-electron chi connectivity index (χ0n) is 7.18. The van der Waals surface area contributed by atoms with Crippen molar-refractivity contribution in [3.05, 3.63) is 5.82 Å². The van der Waals surface area contributed by atoms with E-state index in [0.29, 0.717) is 0 Å². The summed E-state index contributed by atoms with van der Waals surface area (Å²) in [6.45, 7) is -0.0672. The molecule has 2 N–H and O–H groups in total. The largest absolute Gasteiger partial charge is 0.344 e. The van der Waals surface area contributed by atoms with Crippen molar-refractivity contribution >= 4 is 9.84 Å². The third-order valence-corrected chi connectivity index (χ3v) is 2.93. The predicted molar refractivity (Wildman–Crippen MR) is 42.1 cm³/mol. The molecule has 0 radical (unpaired) electrons. The number of nitrogens with zero attached hydrogens (tertiary/aromatic N) is 3. The number of sulfone groups is 1. The van der Waals surface area contributed by atoms with Gasteiger partial charge in [-0.25, -0.2) is 8.42 Å². The minimum absolute atomic E-state index is 0.0672. The second kappa shape index (κ2) is 3.58. The smallest absolute Gasteiger partial charge is 0.324 e. The minimum Gasteiger partial charge on any atom is -0.324 e. The second-order valence-electron chi connectivity index (χ2n) is 2.47. The Morgan fingerprint density at radius 1 is 1.50 bits per heavy atom. The maximum atomic E-state index is 12.1. The van der Waals surface area contributed by atoms with E-state index in [9.17, 15) is 17.2 Å². The maximum absolute atomic E-state index is 12.1. The lowest BCUT2D eigenvalue weighted by atomic mass is 10.6. The molecule has 0 aromatic carbocycles. The van der Waals surface area contributed by atoms with Gasteiger partial charge in [-0.3, -0.25) is 0 Å². The van der Waals surface area contributed by atoms with Crippen LogP contribution in [-0.2, 0) is 23.4 Å². The van der Waals surface area contributed by atoms with Crippen molar-refractivity contribution in [3.8, 4) is 0 Å². The van der Waals surface area contributed by atoms with E-state index < -0.39 is 20.8 Å². The van der Waals surface area contributed by atoms with E-state index in [4.69, 9.17) is 5.73 Å². The fraction of sp³-hybridized carbons (Fsp3) is 0.600. The molecule has 0 aliphatic carbocycles. The summed E-state index contributed by atoms with van der Waals surface area (Å²) in [7, 11) is -3.44. The molecule has 0 bridgehead atoms. The average molecular weight is 226 g/mol. The monoisotopic (exact) mass is 226 g/mol. The third-order valence-electron chi connectivity index (χ3n) is 1.60. The summed E-state index contributed by atoms with van der Waals surface area (Å²) >= 11 is 0. The normalized spacial score (nSPS) is 12.4. The number of hydrogen-bond donors (Lipinski definition) is 1. The van der Waals surface area contributed by atoms with E-state index in [1.807, 2.05) is 0 Å². The summed E-state index contributed by atoms with van der Waals surface area (Å²) in [5.74, 6) is -3.37. The Labute approximate surface area is 78.6 Å². The van der Waals surface area contributed by atoms with Gasteiger partial charge in [0.05, 0.1) is 6.54 Å². The van der Waals surface area contributed by atoms with Gasteiger partial charge in [-0.05, 0) is 0 Å². The molecule has 0 aliphatic rings. The van der Waals surface area contributed by atoms with Crippen LogP contribution in [0.25, 0.3) is 0 Å². The van der Waals surface area contributed by atoms with Crippen molar-refractivity contribution in [1.29, 1.82) is 0 Å². The first-order chi connectivity index (χ1) is 6.41. The van der Waals surface area contributed by atoms with Gasteiger partial charge in [0.2, 0.25) is 0 Å². The molecule has 0 spiro atoms. The van der Waals surface area contributed by atoms with E-state index in [0.717, 1.165) is 4.57 Å². The van der Waals surface area contributed by atoms with Gasteiger partial charge in [0.15, 0.2) is 0 Å². The van der Waals surface area contributed by atoms with Crippen molar-refractivity contribution in [1.82, 2.24) is 14.8 Å². The second-order valence-corrected chi connectivity index (χ2v) is 4.28. The van der Waals surface area contributed by atoms with Gasteiger partial charge in [-0.1, -0.05) is 0 Å². The molecule has 14 heavy (non-hydrogen) atoms. The number of rotatable bonds is 3. The molecule has 1 heterocycles. The van der Waals surface area contributed by atoms with Crippen LogP contribution in [0.2, 0.25) is 0 Å². The Morgan fingerprint density at radius 2 is 2.07 bits per heavy atom. The van der Waals surface area contributed by atoms with E-state index in [1.165, 1.54) is 7.05 Å². The molecule has 0 amide bonds. The zero-order valence-corrected chi connectivity index (χ0v) is 8.00. The first kappa shape index (κ1) is 11.0. The fourth-order valence-corrected chi connectivity index (χ4v) is 1.65. The summed E-state index contributed by atoms with van der Waals surface area (Å²) in [6, 6.07) is 0. The van der Waals surface area contributed by atoms with Crippen LogP contribution in [0.1, 0.15) is 5.82 Å². The molecular weight excluding hydrogens is 218 g/mol. The summed E-state index contributed by atoms with van der Waals surface area (Å²) in [6.07, 6.45) is 0. The van der Waals surface area contributed by atoms with Gasteiger partial charge in [0, 0.05) is 7.05 Å². The molecule has 6 nitrogen and oxygen atoms in total. The van der Waals surface area contributed by atoms with Crippen molar-refractivity contribution in [2.45, 2.75) is 17.5 Å². The Kier molecular flexibility index (Phi) is 2.81. The number of alkyl halides is 2. The average Bonchev–Trinajstić information content (AvgIpc) is 2.46. The quantitative estimate of drug-likeness (QED) is 0.733. The molecule has 1 rings (SSSR count). The van der Waals surface area contributed by atoms with Gasteiger partial charge < -0.3 is 10.3 Å². The standard InChI is InChI=1S/C5H8F2N4O2S/c1-11-3(2-8)9-10-5(11)14(12,13)4(6)7/h4H,2,8H2,1H3. The molecule has 1 aromatic rings. The molecule has 80 valence electrons. The molecule has 0 atom stereocenters. The SMILES string of the molecule is Cn1c(CN)nnc1S(=O)(=O)C(F)F. The number of halogens is 2. The zero-order chi connectivity index (χ0) is 10.9. The number of hydrogen-bond acceptors (Lipinski definition) is 5. The van der Waals surface area contributed by atoms with Crippen LogP contribution in [-0.4, -0.2) is 28.9 Å². The van der Waals surface area contributed by atoms with Gasteiger partial charge >= 0.3 is 5.76 Å². The van der Waals surface area contributed by atoms with Crippen LogP contribution in [0.15, 0.2) is 5.16 Å². The molecule has 0 unspecified atom stereocenters. The Hall–Kier alpha value is -1.09. The molecule has 0 saturated carbocycles. The van der Waals surface area contributed by atoms with Crippen molar-refractivity contribution in [3.63, 3.8) is 0 Å². The van der Waals surface area contributed by atoms with Crippen LogP contribution in [0.5, 0.6) is 0 Å². The van der Waals surface area contributed by atoms with Crippen LogP contribution >= 0.6 is 0 Å². The highest BCUT2D eigenvalue weighted by atomic mass is 32.2. The summed E-state index contributed by atoms with van der Waals surface area (Å²) in [5, 5.41) is 5.73. The lowest BCUT2D eigenvalue weighted by Crippen LogP contribution is -2.17. The first-order valence-corrected chi connectivity index (χ1v) is 5.06. The lowest BCUT2D eigenvalue weighted by Gasteiger charge is -2.02. The van der Waals surface area contributed by atoms with Crippen molar-refractivity contribution < 1.29 is 17.2 Å². The number of nitrogens with two attached hydrogens (primary N) is 1. The van der Waals surface area contributed by atoms with E-state index in [-0.39, 0.29) is 12.4 Å². The Morgan fingerprint density at radius 3 is 2.43 bits per heavy atom. The highest BCUT2D eigenvalue weighted by Gasteiger charge is 2.32. The van der Waals surface area contributed by atoms with Crippen LogP contribution in [0.3, 0.4) is 0 Å². The van der Waals surface area contributed by atoms with E-state index in [2.05, 4.69) is 10.2 Å². The summed E-state index contributed by atoms with van der Waals surface area (Å²) < 4.78 is 47.1. The molecule has 0 saturated heterocycles. The lowest BCUT2D eigenvalue weighted by molar-refractivity contribution is 0.233. The van der Waals surface area contributed by atoms with Crippen molar-refractivity contribution in [2.24, 2.45) is 12.8 Å². The molecular formula is C5H8F2N4O2S. The van der Waals surface area contributed by atoms with Crippen LogP contribution in [0.4, 0.5) is 8.78 Å². The highest BCUT2D eigenvalue weighted by Crippen LogP contribution is 2.15. The fourth-order valence-electron chi connectivity index (χ4n) is 0.850. The third kappa shape index (κ3) is 1.60. The van der Waals surface area contributed by atoms with E-state index >= 15 is 0 Å². The summed E-state index contributed by atoms with van der Waals surface area (Å²) in [4.78, 5) is 0. The molecule has 9 heteroatoms. The molecule has 0 fully saturated rings. The maximum Gasteiger partial charge on any atom is 0.344 e. The first-order valence-electron chi connectivity index (χ1n) is 3.51. The molecule has 0 aliphatic heterocycles. The van der Waals surface area contributed by atoms with E-state index in [1.54, 1.807) is 0 Å². The van der Waals surface area contributed by atoms with Crippen LogP contribution in [0, 0.1) is 0 Å². The van der Waals surface area contributed by atoms with Crippen LogP contribution < -0.4 is 5.73 Å². The topological polar surface area (TPSA) is 90.9 Å². The van der Waals surface area contributed by atoms with Gasteiger partial charge in [0.25, 0.3) is 15.0 Å². The minimum atomic E-state index is -4.70. The van der Waals surface area contributed by atoms with Gasteiger partial charge in [-0.15, -0.1) is 10.2 Å². The molecule has 1 aromatic heterocycles. The Balaban J connectivity index is 3.28. The van der Waals surface area contributed by atoms with Crippen molar-refractivity contribution in [2.75, 3.05) is 0 Å². The van der Waals surface area contributed by atoms with Gasteiger partial charge in [-0.2, -0.15) is 8.78 Å². The van der Waals surface area contributed by atoms with Gasteiger partial charge in [0.1, 0.15) is 5.82 Å². The highest BCUT2D eigenvalue weighted by molar-refractivity contribution is 7.91. The summed E-state index contributed by atoms with van der Waals surface area (Å²) in [5.41, 5.74) is 5.18.